The number of hydrogen-bond acceptors (Lipinski definition) is 4. The predicted molar refractivity (Wildman–Crippen MR) is 98.7 cm³/mol. The number of aliphatic imine (C=N–C) groups is 1. The van der Waals surface area contributed by atoms with Gasteiger partial charge in [0.1, 0.15) is 6.61 Å². The van der Waals surface area contributed by atoms with Crippen LogP contribution < -0.4 is 10.1 Å². The molecular formula is C18H27N5O2. The van der Waals surface area contributed by atoms with Crippen molar-refractivity contribution in [2.75, 3.05) is 34.4 Å². The number of pyridine rings is 1. The summed E-state index contributed by atoms with van der Waals surface area (Å²) in [5.74, 6) is 1.44. The lowest BCUT2D eigenvalue weighted by Crippen LogP contribution is -2.38. The summed E-state index contributed by atoms with van der Waals surface area (Å²) in [5.41, 5.74) is 2.29. The van der Waals surface area contributed by atoms with Crippen LogP contribution in [0.3, 0.4) is 0 Å². The van der Waals surface area contributed by atoms with E-state index in [1.807, 2.05) is 38.5 Å². The quantitative estimate of drug-likeness (QED) is 0.448. The van der Waals surface area contributed by atoms with Crippen LogP contribution in [0, 0.1) is 0 Å². The van der Waals surface area contributed by atoms with E-state index < -0.39 is 0 Å². The number of nitrogens with zero attached hydrogens (tertiary/aromatic N) is 4. The van der Waals surface area contributed by atoms with Gasteiger partial charge >= 0.3 is 0 Å². The summed E-state index contributed by atoms with van der Waals surface area (Å²) < 4.78 is 12.5. The third kappa shape index (κ3) is 5.79. The molecule has 0 radical (unpaired) electrons. The minimum atomic E-state index is 0.498. The number of aromatic nitrogens is 2. The molecule has 2 heterocycles. The van der Waals surface area contributed by atoms with Gasteiger partial charge in [-0.2, -0.15) is 0 Å². The third-order valence-corrected chi connectivity index (χ3v) is 3.81. The summed E-state index contributed by atoms with van der Waals surface area (Å²) in [6, 6.07) is 8.01. The number of rotatable bonds is 8. The lowest BCUT2D eigenvalue weighted by molar-refractivity contribution is 0.143. The van der Waals surface area contributed by atoms with Crippen LogP contribution in [0.4, 0.5) is 0 Å². The van der Waals surface area contributed by atoms with E-state index in [1.54, 1.807) is 20.4 Å². The van der Waals surface area contributed by atoms with E-state index >= 15 is 0 Å². The highest BCUT2D eigenvalue weighted by Gasteiger charge is 2.08. The van der Waals surface area contributed by atoms with Gasteiger partial charge in [-0.1, -0.05) is 6.07 Å². The Kier molecular flexibility index (Phi) is 7.28. The van der Waals surface area contributed by atoms with E-state index in [9.17, 15) is 0 Å². The van der Waals surface area contributed by atoms with Gasteiger partial charge in [0.2, 0.25) is 5.88 Å². The molecule has 25 heavy (non-hydrogen) atoms. The van der Waals surface area contributed by atoms with Crippen LogP contribution in [-0.2, 0) is 24.9 Å². The maximum absolute atomic E-state index is 5.47. The smallest absolute Gasteiger partial charge is 0.213 e. The molecule has 2 aromatic heterocycles. The highest BCUT2D eigenvalue weighted by molar-refractivity contribution is 5.79. The molecule has 7 nitrogen and oxygen atoms in total. The number of aryl methyl sites for hydroxylation is 1. The van der Waals surface area contributed by atoms with Gasteiger partial charge in [-0.15, -0.1) is 0 Å². The van der Waals surface area contributed by atoms with Crippen LogP contribution in [0.25, 0.3) is 0 Å². The zero-order chi connectivity index (χ0) is 18.1. The molecule has 136 valence electrons. The molecule has 0 unspecified atom stereocenters. The number of methoxy groups -OCH3 is 1. The fraction of sp³-hybridized carbons (Fsp3) is 0.444. The summed E-state index contributed by atoms with van der Waals surface area (Å²) >= 11 is 0. The topological polar surface area (TPSA) is 63.9 Å². The second-order valence-corrected chi connectivity index (χ2v) is 5.71. The molecule has 0 aliphatic carbocycles. The van der Waals surface area contributed by atoms with E-state index in [1.165, 1.54) is 5.69 Å². The van der Waals surface area contributed by atoms with Gasteiger partial charge in [-0.05, 0) is 17.7 Å². The maximum Gasteiger partial charge on any atom is 0.213 e. The van der Waals surface area contributed by atoms with E-state index in [0.717, 1.165) is 18.1 Å². The molecule has 0 fully saturated rings. The van der Waals surface area contributed by atoms with Crippen molar-refractivity contribution in [2.45, 2.75) is 13.1 Å². The highest BCUT2D eigenvalue weighted by atomic mass is 16.5. The molecule has 0 aliphatic heterocycles. The fourth-order valence-corrected chi connectivity index (χ4v) is 2.37. The Balaban J connectivity index is 1.84. The molecule has 0 saturated heterocycles. The molecule has 0 aromatic carbocycles. The van der Waals surface area contributed by atoms with Crippen molar-refractivity contribution in [1.82, 2.24) is 19.8 Å². The van der Waals surface area contributed by atoms with Crippen LogP contribution in [0.15, 0.2) is 41.7 Å². The van der Waals surface area contributed by atoms with Crippen molar-refractivity contribution in [3.05, 3.63) is 47.9 Å². The standard InChI is InChI=1S/C18H27N5O2/c1-19-18(23(3)14-16-6-5-9-22(16)2)21-13-15-7-8-17(20-12-15)25-11-10-24-4/h5-9,12H,10-11,13-14H2,1-4H3,(H,19,21). The Bertz CT molecular complexity index is 666. The van der Waals surface area contributed by atoms with Gasteiger partial charge in [0.25, 0.3) is 0 Å². The Hall–Kier alpha value is -2.54. The molecule has 0 spiro atoms. The summed E-state index contributed by atoms with van der Waals surface area (Å²) in [6.45, 7) is 2.48. The second kappa shape index (κ2) is 9.68. The highest BCUT2D eigenvalue weighted by Crippen LogP contribution is 2.08. The first-order valence-electron chi connectivity index (χ1n) is 8.22. The number of hydrogen-bond donors (Lipinski definition) is 1. The molecule has 0 saturated carbocycles. The van der Waals surface area contributed by atoms with Gasteiger partial charge in [-0.3, -0.25) is 4.99 Å². The lowest BCUT2D eigenvalue weighted by atomic mass is 10.3. The van der Waals surface area contributed by atoms with Crippen molar-refractivity contribution >= 4 is 5.96 Å². The molecule has 0 amide bonds. The van der Waals surface area contributed by atoms with Crippen molar-refractivity contribution < 1.29 is 9.47 Å². The van der Waals surface area contributed by atoms with E-state index in [0.29, 0.717) is 25.6 Å². The van der Waals surface area contributed by atoms with Gasteiger partial charge in [0, 0.05) is 59.0 Å². The Morgan fingerprint density at radius 2 is 2.16 bits per heavy atom. The van der Waals surface area contributed by atoms with Crippen LogP contribution in [0.5, 0.6) is 5.88 Å². The summed E-state index contributed by atoms with van der Waals surface area (Å²) in [5, 5.41) is 3.35. The van der Waals surface area contributed by atoms with Crippen molar-refractivity contribution in [1.29, 1.82) is 0 Å². The Morgan fingerprint density at radius 1 is 1.32 bits per heavy atom. The fourth-order valence-electron chi connectivity index (χ4n) is 2.37. The SMILES string of the molecule is CN=C(NCc1ccc(OCCOC)nc1)N(C)Cc1cccn1C. The Labute approximate surface area is 149 Å². The van der Waals surface area contributed by atoms with Gasteiger partial charge in [-0.25, -0.2) is 4.98 Å². The van der Waals surface area contributed by atoms with Gasteiger partial charge in [0.15, 0.2) is 5.96 Å². The first kappa shape index (κ1) is 18.8. The van der Waals surface area contributed by atoms with Crippen LogP contribution in [-0.4, -0.2) is 54.8 Å². The minimum Gasteiger partial charge on any atom is -0.475 e. The number of guanidine groups is 1. The minimum absolute atomic E-state index is 0.498. The van der Waals surface area contributed by atoms with E-state index in [-0.39, 0.29) is 0 Å². The van der Waals surface area contributed by atoms with Gasteiger partial charge in [0.05, 0.1) is 13.2 Å². The largest absolute Gasteiger partial charge is 0.475 e. The van der Waals surface area contributed by atoms with Gasteiger partial charge < -0.3 is 24.3 Å². The zero-order valence-electron chi connectivity index (χ0n) is 15.4. The summed E-state index contributed by atoms with van der Waals surface area (Å²) in [6.07, 6.45) is 3.85. The molecule has 7 heteroatoms. The average molecular weight is 345 g/mol. The summed E-state index contributed by atoms with van der Waals surface area (Å²) in [7, 11) is 7.50. The molecule has 0 aliphatic rings. The molecule has 2 aromatic rings. The molecular weight excluding hydrogens is 318 g/mol. The molecule has 0 atom stereocenters. The lowest BCUT2D eigenvalue weighted by Gasteiger charge is -2.22. The van der Waals surface area contributed by atoms with Crippen molar-refractivity contribution in [3.8, 4) is 5.88 Å². The maximum atomic E-state index is 5.47. The Morgan fingerprint density at radius 3 is 2.76 bits per heavy atom. The molecule has 1 N–H and O–H groups in total. The number of ether oxygens (including phenoxy) is 2. The molecule has 2 rings (SSSR count). The first-order chi connectivity index (χ1) is 12.1. The van der Waals surface area contributed by atoms with Crippen molar-refractivity contribution in [3.63, 3.8) is 0 Å². The van der Waals surface area contributed by atoms with Crippen molar-refractivity contribution in [2.24, 2.45) is 12.0 Å². The third-order valence-electron chi connectivity index (χ3n) is 3.81. The monoisotopic (exact) mass is 345 g/mol. The zero-order valence-corrected chi connectivity index (χ0v) is 15.4. The predicted octanol–water partition coefficient (Wildman–Crippen LogP) is 1.65. The number of nitrogens with one attached hydrogen (secondary N) is 1. The first-order valence-corrected chi connectivity index (χ1v) is 8.22. The second-order valence-electron chi connectivity index (χ2n) is 5.71. The molecule has 0 bridgehead atoms. The average Bonchev–Trinajstić information content (AvgIpc) is 3.02. The summed E-state index contributed by atoms with van der Waals surface area (Å²) in [4.78, 5) is 10.7. The van der Waals surface area contributed by atoms with Crippen LogP contribution in [0.2, 0.25) is 0 Å². The van der Waals surface area contributed by atoms with Crippen LogP contribution >= 0.6 is 0 Å². The van der Waals surface area contributed by atoms with E-state index in [2.05, 4.69) is 30.8 Å². The van der Waals surface area contributed by atoms with E-state index in [4.69, 9.17) is 9.47 Å². The normalized spacial score (nSPS) is 11.4. The van der Waals surface area contributed by atoms with Crippen LogP contribution in [0.1, 0.15) is 11.3 Å².